The van der Waals surface area contributed by atoms with Crippen LogP contribution >= 0.6 is 34.7 Å². The summed E-state index contributed by atoms with van der Waals surface area (Å²) in [5.41, 5.74) is 2.77. The van der Waals surface area contributed by atoms with E-state index in [1.807, 2.05) is 54.6 Å². The average Bonchev–Trinajstić information content (AvgIpc) is 3.68. The minimum atomic E-state index is -0.985. The van der Waals surface area contributed by atoms with Gasteiger partial charge in [-0.25, -0.2) is 0 Å². The number of thioether (sulfide) groups is 1. The van der Waals surface area contributed by atoms with Crippen molar-refractivity contribution in [1.82, 2.24) is 10.2 Å². The molecule has 1 saturated heterocycles. The Morgan fingerprint density at radius 1 is 0.936 bits per heavy atom. The van der Waals surface area contributed by atoms with Crippen LogP contribution in [0.1, 0.15) is 28.3 Å². The van der Waals surface area contributed by atoms with E-state index in [2.05, 4.69) is 10.2 Å². The van der Waals surface area contributed by atoms with Crippen molar-refractivity contribution >= 4 is 57.3 Å². The summed E-state index contributed by atoms with van der Waals surface area (Å²) in [6, 6.07) is 28.3. The molecule has 0 aliphatic carbocycles. The van der Waals surface area contributed by atoms with Crippen LogP contribution in [0.5, 0.6) is 17.2 Å². The van der Waals surface area contributed by atoms with Gasteiger partial charge in [-0.15, -0.1) is 10.2 Å². The molecule has 0 bridgehead atoms. The number of benzene rings is 4. The van der Waals surface area contributed by atoms with Gasteiger partial charge in [-0.05, 0) is 53.1 Å². The molecule has 4 aromatic carbocycles. The van der Waals surface area contributed by atoms with Crippen LogP contribution in [0.4, 0.5) is 5.13 Å². The Labute approximate surface area is 283 Å². The van der Waals surface area contributed by atoms with Gasteiger partial charge in [0.05, 0.1) is 11.6 Å². The number of hydrogen-bond donors (Lipinski definition) is 1. The van der Waals surface area contributed by atoms with E-state index in [4.69, 9.17) is 25.8 Å². The maximum absolute atomic E-state index is 13.7. The standard InChI is InChI=1S/C35H26ClN3O6S2/c36-26-9-5-4-8-24(26)20-46-35-38-37-34(47-35)39-30(22-10-13-25(14-11-22)45-19-21-6-2-1-3-7-21)29(32(41)33(39)42)31(40)23-12-15-27-28(18-23)44-17-16-43-27/h1-15,18,30,40H,16-17,19-20H2/b31-29+. The first-order valence-corrected chi connectivity index (χ1v) is 16.8. The summed E-state index contributed by atoms with van der Waals surface area (Å²) in [5, 5.41) is 21.1. The van der Waals surface area contributed by atoms with E-state index in [9.17, 15) is 14.7 Å². The van der Waals surface area contributed by atoms with Crippen molar-refractivity contribution in [3.05, 3.63) is 130 Å². The second-order valence-corrected chi connectivity index (χ2v) is 13.2. The summed E-state index contributed by atoms with van der Waals surface area (Å²) in [4.78, 5) is 28.7. The van der Waals surface area contributed by atoms with Crippen molar-refractivity contribution in [1.29, 1.82) is 0 Å². The number of anilines is 1. The van der Waals surface area contributed by atoms with Crippen molar-refractivity contribution in [2.75, 3.05) is 18.1 Å². The molecule has 0 spiro atoms. The van der Waals surface area contributed by atoms with Crippen molar-refractivity contribution in [3.8, 4) is 17.2 Å². The van der Waals surface area contributed by atoms with Gasteiger partial charge < -0.3 is 19.3 Å². The van der Waals surface area contributed by atoms with E-state index >= 15 is 0 Å². The Bertz CT molecular complexity index is 1980. The highest BCUT2D eigenvalue weighted by Gasteiger charge is 2.48. The Morgan fingerprint density at radius 3 is 2.47 bits per heavy atom. The Balaban J connectivity index is 1.23. The highest BCUT2D eigenvalue weighted by Crippen LogP contribution is 2.45. The van der Waals surface area contributed by atoms with Crippen LogP contribution in [-0.4, -0.2) is 40.2 Å². The largest absolute Gasteiger partial charge is 0.507 e. The van der Waals surface area contributed by atoms with E-state index in [1.165, 1.54) is 28.0 Å². The number of aliphatic hydroxyl groups excluding tert-OH is 1. The number of aliphatic hydroxyl groups is 1. The van der Waals surface area contributed by atoms with Gasteiger partial charge in [-0.2, -0.15) is 0 Å². The van der Waals surface area contributed by atoms with Gasteiger partial charge in [0.15, 0.2) is 15.8 Å². The number of aromatic nitrogens is 2. The maximum Gasteiger partial charge on any atom is 0.301 e. The third-order valence-electron chi connectivity index (χ3n) is 7.62. The van der Waals surface area contributed by atoms with Crippen molar-refractivity contribution in [2.45, 2.75) is 22.7 Å². The van der Waals surface area contributed by atoms with Gasteiger partial charge in [0.2, 0.25) is 5.13 Å². The van der Waals surface area contributed by atoms with Crippen LogP contribution in [0.3, 0.4) is 0 Å². The lowest BCUT2D eigenvalue weighted by molar-refractivity contribution is -0.132. The zero-order valence-corrected chi connectivity index (χ0v) is 27.1. The summed E-state index contributed by atoms with van der Waals surface area (Å²) >= 11 is 8.93. The third kappa shape index (κ3) is 6.42. The molecule has 47 heavy (non-hydrogen) atoms. The molecule has 0 saturated carbocycles. The number of carbonyl (C=O) groups is 2. The molecule has 0 radical (unpaired) electrons. The molecule has 236 valence electrons. The number of ketones is 1. The number of hydrogen-bond acceptors (Lipinski definition) is 10. The van der Waals surface area contributed by atoms with Gasteiger partial charge in [0.25, 0.3) is 5.78 Å². The molecule has 1 amide bonds. The van der Waals surface area contributed by atoms with Crippen molar-refractivity contribution in [3.63, 3.8) is 0 Å². The summed E-state index contributed by atoms with van der Waals surface area (Å²) in [5.74, 6) is 0.127. The number of nitrogens with zero attached hydrogens (tertiary/aromatic N) is 3. The molecule has 1 N–H and O–H groups in total. The number of Topliss-reactive ketones (excluding diaryl/α,β-unsaturated/α-hetero) is 1. The fraction of sp³-hybridized carbons (Fsp3) is 0.143. The van der Waals surface area contributed by atoms with Crippen LogP contribution in [0.25, 0.3) is 5.76 Å². The first-order chi connectivity index (χ1) is 23.0. The average molecular weight is 684 g/mol. The van der Waals surface area contributed by atoms with Gasteiger partial charge in [0, 0.05) is 16.3 Å². The van der Waals surface area contributed by atoms with Gasteiger partial charge in [0.1, 0.15) is 31.3 Å². The molecule has 9 nitrogen and oxygen atoms in total. The highest BCUT2D eigenvalue weighted by atomic mass is 35.5. The molecular formula is C35H26ClN3O6S2. The molecule has 12 heteroatoms. The van der Waals surface area contributed by atoms with E-state index in [-0.39, 0.29) is 16.5 Å². The zero-order chi connectivity index (χ0) is 32.3. The molecule has 3 heterocycles. The minimum Gasteiger partial charge on any atom is -0.507 e. The Kier molecular flexibility index (Phi) is 8.84. The van der Waals surface area contributed by atoms with E-state index in [1.54, 1.807) is 42.5 Å². The van der Waals surface area contributed by atoms with E-state index in [0.29, 0.717) is 63.3 Å². The number of halogens is 1. The van der Waals surface area contributed by atoms with Crippen LogP contribution in [0.2, 0.25) is 5.02 Å². The van der Waals surface area contributed by atoms with Crippen molar-refractivity contribution in [2.24, 2.45) is 0 Å². The van der Waals surface area contributed by atoms with Crippen molar-refractivity contribution < 1.29 is 28.9 Å². The summed E-state index contributed by atoms with van der Waals surface area (Å²) in [7, 11) is 0. The van der Waals surface area contributed by atoms with Gasteiger partial charge in [-0.1, -0.05) is 95.4 Å². The molecule has 1 fully saturated rings. The highest BCUT2D eigenvalue weighted by molar-refractivity contribution is 8.00. The zero-order valence-electron chi connectivity index (χ0n) is 24.7. The molecular weight excluding hydrogens is 658 g/mol. The Hall–Kier alpha value is -4.84. The minimum absolute atomic E-state index is 0.0786. The lowest BCUT2D eigenvalue weighted by atomic mass is 9.95. The fourth-order valence-corrected chi connectivity index (χ4v) is 7.45. The maximum atomic E-state index is 13.7. The Morgan fingerprint density at radius 2 is 1.68 bits per heavy atom. The predicted molar refractivity (Wildman–Crippen MR) is 180 cm³/mol. The number of fused-ring (bicyclic) bond motifs is 1. The number of rotatable bonds is 9. The normalized spacial score (nSPS) is 16.8. The van der Waals surface area contributed by atoms with Crippen LogP contribution in [-0.2, 0) is 21.9 Å². The van der Waals surface area contributed by atoms with Gasteiger partial charge >= 0.3 is 5.91 Å². The number of amides is 1. The molecule has 7 rings (SSSR count). The first-order valence-electron chi connectivity index (χ1n) is 14.6. The lowest BCUT2D eigenvalue weighted by Crippen LogP contribution is -2.29. The van der Waals surface area contributed by atoms with E-state index in [0.717, 1.165) is 11.1 Å². The number of carbonyl (C=O) groups excluding carboxylic acids is 2. The van der Waals surface area contributed by atoms with Crippen LogP contribution < -0.4 is 19.1 Å². The van der Waals surface area contributed by atoms with Crippen LogP contribution in [0, 0.1) is 0 Å². The molecule has 5 aromatic rings. The SMILES string of the molecule is O=C1C(=O)N(c2nnc(SCc3ccccc3Cl)s2)C(c2ccc(OCc3ccccc3)cc2)/C1=C(\O)c1ccc2c(c1)OCCO2. The fourth-order valence-electron chi connectivity index (χ4n) is 5.29. The topological polar surface area (TPSA) is 111 Å². The summed E-state index contributed by atoms with van der Waals surface area (Å²) < 4.78 is 17.9. The lowest BCUT2D eigenvalue weighted by Gasteiger charge is -2.23. The first kappa shape index (κ1) is 30.8. The molecule has 1 aromatic heterocycles. The molecule has 2 aliphatic rings. The smallest absolute Gasteiger partial charge is 0.301 e. The quantitative estimate of drug-likeness (QED) is 0.0556. The van der Waals surface area contributed by atoms with Crippen LogP contribution in [0.15, 0.2) is 107 Å². The summed E-state index contributed by atoms with van der Waals surface area (Å²) in [6.07, 6.45) is 0. The molecule has 1 unspecified atom stereocenters. The second-order valence-electron chi connectivity index (χ2n) is 10.6. The monoisotopic (exact) mass is 683 g/mol. The predicted octanol–water partition coefficient (Wildman–Crippen LogP) is 7.46. The molecule has 1 atom stereocenters. The van der Waals surface area contributed by atoms with Gasteiger partial charge in [-0.3, -0.25) is 14.5 Å². The number of ether oxygens (including phenoxy) is 3. The van der Waals surface area contributed by atoms with E-state index < -0.39 is 17.7 Å². The second kappa shape index (κ2) is 13.5. The summed E-state index contributed by atoms with van der Waals surface area (Å²) in [6.45, 7) is 1.14. The molecule has 2 aliphatic heterocycles. The third-order valence-corrected chi connectivity index (χ3v) is 10.1.